The number of rotatable bonds is 4. The van der Waals surface area contributed by atoms with E-state index in [-0.39, 0.29) is 18.0 Å². The highest BCUT2D eigenvalue weighted by Gasteiger charge is 2.42. The maximum Gasteiger partial charge on any atom is 0.123 e. The molecule has 1 N–H and O–H groups in total. The average Bonchev–Trinajstić information content (AvgIpc) is 3.44. The van der Waals surface area contributed by atoms with Gasteiger partial charge in [-0.25, -0.2) is 9.07 Å². The molecule has 2 aromatic heterocycles. The molecule has 0 amide bonds. The molecule has 5 rings (SSSR count). The Morgan fingerprint density at radius 3 is 2.53 bits per heavy atom. The molecular weight excluding hydrogens is 381 g/mol. The van der Waals surface area contributed by atoms with Crippen molar-refractivity contribution >= 4 is 0 Å². The van der Waals surface area contributed by atoms with E-state index < -0.39 is 0 Å². The van der Waals surface area contributed by atoms with Crippen molar-refractivity contribution in [2.45, 2.75) is 45.4 Å². The summed E-state index contributed by atoms with van der Waals surface area (Å²) in [4.78, 5) is 2.50. The minimum absolute atomic E-state index is 0.0749. The molecule has 2 aliphatic rings. The maximum absolute atomic E-state index is 13.3. The zero-order valence-corrected chi connectivity index (χ0v) is 17.4. The molecule has 0 bridgehead atoms. The highest BCUT2D eigenvalue weighted by Crippen LogP contribution is 2.41. The van der Waals surface area contributed by atoms with Crippen molar-refractivity contribution in [3.05, 3.63) is 65.5 Å². The number of hydrogen-bond acceptors (Lipinski definition) is 4. The fourth-order valence-corrected chi connectivity index (χ4v) is 5.36. The fraction of sp³-hybridized carbons (Fsp3) is 0.478. The van der Waals surface area contributed by atoms with E-state index in [9.17, 15) is 9.50 Å². The van der Waals surface area contributed by atoms with Crippen molar-refractivity contribution in [2.24, 2.45) is 11.8 Å². The number of aliphatic hydroxyl groups is 1. The molecule has 2 fully saturated rings. The summed E-state index contributed by atoms with van der Waals surface area (Å²) >= 11 is 0. The van der Waals surface area contributed by atoms with Gasteiger partial charge in [-0.15, -0.1) is 0 Å². The van der Waals surface area contributed by atoms with Crippen LogP contribution in [0, 0.1) is 31.5 Å². The van der Waals surface area contributed by atoms with Crippen molar-refractivity contribution in [1.29, 1.82) is 0 Å². The molecular formula is C23H28FN5O. The summed E-state index contributed by atoms with van der Waals surface area (Å²) in [6.45, 7) is 7.03. The standard InChI is InChI=1S/C23H28FN5O/c1-15-21(16(2)29(26-15)20-6-4-19(24)5-7-20)14-27-12-17-10-22(28-9-3-8-25-28)23(30)11-18(17)13-27/h3-9,17-18,22-23,30H,10-14H2,1-2H3/t17-,18+,22-,23-/m1/s1. The van der Waals surface area contributed by atoms with Gasteiger partial charge in [0, 0.05) is 43.3 Å². The zero-order valence-electron chi connectivity index (χ0n) is 17.4. The predicted octanol–water partition coefficient (Wildman–Crippen LogP) is 3.27. The third kappa shape index (κ3) is 3.46. The van der Waals surface area contributed by atoms with Gasteiger partial charge < -0.3 is 5.11 Å². The Kier molecular flexibility index (Phi) is 4.95. The van der Waals surface area contributed by atoms with Gasteiger partial charge in [-0.2, -0.15) is 10.2 Å². The van der Waals surface area contributed by atoms with Crippen LogP contribution in [-0.2, 0) is 6.54 Å². The molecule has 158 valence electrons. The normalized spacial score (nSPS) is 26.8. The molecule has 1 aromatic carbocycles. The molecule has 6 nitrogen and oxygen atoms in total. The number of fused-ring (bicyclic) bond motifs is 1. The molecule has 0 unspecified atom stereocenters. The predicted molar refractivity (Wildman–Crippen MR) is 112 cm³/mol. The highest BCUT2D eigenvalue weighted by atomic mass is 19.1. The lowest BCUT2D eigenvalue weighted by Crippen LogP contribution is -2.36. The van der Waals surface area contributed by atoms with Crippen LogP contribution in [0.3, 0.4) is 0 Å². The lowest BCUT2D eigenvalue weighted by Gasteiger charge is -2.35. The second-order valence-corrected chi connectivity index (χ2v) is 8.84. The van der Waals surface area contributed by atoms with Gasteiger partial charge in [-0.1, -0.05) is 0 Å². The summed E-state index contributed by atoms with van der Waals surface area (Å²) in [5, 5.41) is 19.8. The number of halogens is 1. The lowest BCUT2D eigenvalue weighted by molar-refractivity contribution is 0.0306. The van der Waals surface area contributed by atoms with Crippen molar-refractivity contribution < 1.29 is 9.50 Å². The summed E-state index contributed by atoms with van der Waals surface area (Å²) in [5.41, 5.74) is 4.23. The van der Waals surface area contributed by atoms with Crippen molar-refractivity contribution in [1.82, 2.24) is 24.5 Å². The Labute approximate surface area is 175 Å². The topological polar surface area (TPSA) is 59.1 Å². The van der Waals surface area contributed by atoms with Gasteiger partial charge in [0.2, 0.25) is 0 Å². The monoisotopic (exact) mass is 409 g/mol. The van der Waals surface area contributed by atoms with Crippen molar-refractivity contribution in [2.75, 3.05) is 13.1 Å². The van der Waals surface area contributed by atoms with Crippen LogP contribution in [0.15, 0.2) is 42.7 Å². The Morgan fingerprint density at radius 2 is 1.83 bits per heavy atom. The van der Waals surface area contributed by atoms with Gasteiger partial charge in [-0.3, -0.25) is 9.58 Å². The van der Waals surface area contributed by atoms with Crippen LogP contribution < -0.4 is 0 Å². The molecule has 4 atom stereocenters. The Morgan fingerprint density at radius 1 is 1.10 bits per heavy atom. The molecule has 0 spiro atoms. The van der Waals surface area contributed by atoms with Crippen LogP contribution in [0.25, 0.3) is 5.69 Å². The van der Waals surface area contributed by atoms with Crippen LogP contribution in [-0.4, -0.2) is 48.8 Å². The van der Waals surface area contributed by atoms with Gasteiger partial charge in [0.25, 0.3) is 0 Å². The molecule has 0 radical (unpaired) electrons. The summed E-state index contributed by atoms with van der Waals surface area (Å²) in [6, 6.07) is 8.46. The first-order valence-corrected chi connectivity index (χ1v) is 10.7. The molecule has 1 saturated heterocycles. The molecule has 1 saturated carbocycles. The first-order valence-electron chi connectivity index (χ1n) is 10.7. The second kappa shape index (κ2) is 7.63. The number of aryl methyl sites for hydroxylation is 1. The van der Waals surface area contributed by atoms with Gasteiger partial charge in [0.05, 0.1) is 23.5 Å². The van der Waals surface area contributed by atoms with Gasteiger partial charge in [0.15, 0.2) is 0 Å². The second-order valence-electron chi connectivity index (χ2n) is 8.84. The van der Waals surface area contributed by atoms with Gasteiger partial charge in [-0.05, 0) is 68.9 Å². The highest BCUT2D eigenvalue weighted by molar-refractivity contribution is 5.37. The van der Waals surface area contributed by atoms with Crippen LogP contribution in [0.5, 0.6) is 0 Å². The van der Waals surface area contributed by atoms with E-state index in [1.165, 1.54) is 17.7 Å². The number of hydrogen-bond donors (Lipinski definition) is 1. The number of aliphatic hydroxyl groups excluding tert-OH is 1. The van der Waals surface area contributed by atoms with E-state index in [0.29, 0.717) is 11.8 Å². The lowest BCUT2D eigenvalue weighted by atomic mass is 9.77. The summed E-state index contributed by atoms with van der Waals surface area (Å²) in [6.07, 6.45) is 5.20. The molecule has 3 aromatic rings. The van der Waals surface area contributed by atoms with Crippen LogP contribution in [0.1, 0.15) is 35.8 Å². The molecule has 3 heterocycles. The first kappa shape index (κ1) is 19.5. The third-order valence-corrected chi connectivity index (χ3v) is 6.94. The van der Waals surface area contributed by atoms with Crippen molar-refractivity contribution in [3.63, 3.8) is 0 Å². The minimum Gasteiger partial charge on any atom is -0.391 e. The molecule has 1 aliphatic carbocycles. The molecule has 7 heteroatoms. The minimum atomic E-state index is -0.337. The number of nitrogens with zero attached hydrogens (tertiary/aromatic N) is 5. The number of benzene rings is 1. The van der Waals surface area contributed by atoms with E-state index in [2.05, 4.69) is 16.9 Å². The molecule has 1 aliphatic heterocycles. The van der Waals surface area contributed by atoms with Crippen LogP contribution >= 0.6 is 0 Å². The molecule has 30 heavy (non-hydrogen) atoms. The fourth-order valence-electron chi connectivity index (χ4n) is 5.36. The Bertz CT molecular complexity index is 1010. The number of likely N-dealkylation sites (tertiary alicyclic amines) is 1. The van der Waals surface area contributed by atoms with Gasteiger partial charge in [0.1, 0.15) is 5.82 Å². The summed E-state index contributed by atoms with van der Waals surface area (Å²) in [7, 11) is 0. The average molecular weight is 410 g/mol. The van der Waals surface area contributed by atoms with Gasteiger partial charge >= 0.3 is 0 Å². The van der Waals surface area contributed by atoms with Crippen LogP contribution in [0.2, 0.25) is 0 Å². The number of aromatic nitrogens is 4. The van der Waals surface area contributed by atoms with E-state index in [1.807, 2.05) is 28.6 Å². The SMILES string of the molecule is Cc1nn(-c2ccc(F)cc2)c(C)c1CN1C[C@H]2C[C@@H](n3cccn3)[C@H](O)C[C@H]2C1. The summed E-state index contributed by atoms with van der Waals surface area (Å²) < 4.78 is 17.1. The summed E-state index contributed by atoms with van der Waals surface area (Å²) in [5.74, 6) is 0.866. The Balaban J connectivity index is 1.31. The first-order chi connectivity index (χ1) is 14.5. The largest absolute Gasteiger partial charge is 0.391 e. The van der Waals surface area contributed by atoms with E-state index in [1.54, 1.807) is 18.3 Å². The maximum atomic E-state index is 13.3. The zero-order chi connectivity index (χ0) is 20.8. The third-order valence-electron chi connectivity index (χ3n) is 6.94. The van der Waals surface area contributed by atoms with Crippen molar-refractivity contribution in [3.8, 4) is 5.69 Å². The quantitative estimate of drug-likeness (QED) is 0.719. The Hall–Kier alpha value is -2.51. The van der Waals surface area contributed by atoms with E-state index in [4.69, 9.17) is 5.10 Å². The van der Waals surface area contributed by atoms with Crippen LogP contribution in [0.4, 0.5) is 4.39 Å². The van der Waals surface area contributed by atoms with E-state index in [0.717, 1.165) is 49.6 Å². The smallest absolute Gasteiger partial charge is 0.123 e. The van der Waals surface area contributed by atoms with E-state index >= 15 is 0 Å².